The predicted molar refractivity (Wildman–Crippen MR) is 107 cm³/mol. The fourth-order valence-electron chi connectivity index (χ4n) is 3.06. The van der Waals surface area contributed by atoms with Crippen molar-refractivity contribution in [3.8, 4) is 5.75 Å². The van der Waals surface area contributed by atoms with Crippen molar-refractivity contribution in [2.45, 2.75) is 13.8 Å². The highest BCUT2D eigenvalue weighted by Crippen LogP contribution is 2.24. The van der Waals surface area contributed by atoms with Crippen molar-refractivity contribution in [3.05, 3.63) is 48.5 Å². The average Bonchev–Trinajstić information content (AvgIpc) is 2.69. The third-order valence-electron chi connectivity index (χ3n) is 4.74. The number of carbonyl (C=O) groups is 1. The summed E-state index contributed by atoms with van der Waals surface area (Å²) in [5, 5.41) is 2.93. The Bertz CT molecular complexity index is 718. The fraction of sp³-hybridized carbons (Fsp3) is 0.381. The summed E-state index contributed by atoms with van der Waals surface area (Å²) >= 11 is 0. The lowest BCUT2D eigenvalue weighted by Gasteiger charge is -2.37. The molecule has 5 heteroatoms. The van der Waals surface area contributed by atoms with Crippen LogP contribution in [0.1, 0.15) is 13.8 Å². The number of anilines is 3. The van der Waals surface area contributed by atoms with Crippen LogP contribution in [-0.4, -0.2) is 39.2 Å². The molecule has 1 fully saturated rings. The molecule has 1 N–H and O–H groups in total. The summed E-state index contributed by atoms with van der Waals surface area (Å²) in [6, 6.07) is 16.4. The SMILES string of the molecule is COc1ccc(N2CCN(c3ccc(NC(=O)C(C)C)cc3)CC2)cc1. The van der Waals surface area contributed by atoms with Crippen molar-refractivity contribution < 1.29 is 9.53 Å². The number of methoxy groups -OCH3 is 1. The van der Waals surface area contributed by atoms with Crippen LogP contribution in [0.15, 0.2) is 48.5 Å². The van der Waals surface area contributed by atoms with Gasteiger partial charge in [0.25, 0.3) is 0 Å². The Morgan fingerprint density at radius 1 is 0.885 bits per heavy atom. The van der Waals surface area contributed by atoms with Gasteiger partial charge in [0, 0.05) is 49.2 Å². The quantitative estimate of drug-likeness (QED) is 0.892. The van der Waals surface area contributed by atoms with Gasteiger partial charge in [-0.1, -0.05) is 13.8 Å². The number of nitrogens with zero attached hydrogens (tertiary/aromatic N) is 2. The van der Waals surface area contributed by atoms with Crippen LogP contribution in [-0.2, 0) is 4.79 Å². The number of amides is 1. The van der Waals surface area contributed by atoms with E-state index in [-0.39, 0.29) is 11.8 Å². The van der Waals surface area contributed by atoms with E-state index in [1.165, 1.54) is 11.4 Å². The van der Waals surface area contributed by atoms with Crippen molar-refractivity contribution in [2.24, 2.45) is 5.92 Å². The lowest BCUT2D eigenvalue weighted by atomic mass is 10.2. The number of carbonyl (C=O) groups excluding carboxylic acids is 1. The van der Waals surface area contributed by atoms with E-state index in [0.717, 1.165) is 37.6 Å². The first-order valence-electron chi connectivity index (χ1n) is 9.11. The first kappa shape index (κ1) is 18.1. The van der Waals surface area contributed by atoms with E-state index >= 15 is 0 Å². The second-order valence-electron chi connectivity index (χ2n) is 6.86. The van der Waals surface area contributed by atoms with Gasteiger partial charge >= 0.3 is 0 Å². The van der Waals surface area contributed by atoms with Crippen LogP contribution in [0.25, 0.3) is 0 Å². The van der Waals surface area contributed by atoms with Crippen molar-refractivity contribution in [1.29, 1.82) is 0 Å². The average molecular weight is 353 g/mol. The third kappa shape index (κ3) is 4.28. The summed E-state index contributed by atoms with van der Waals surface area (Å²) in [6.45, 7) is 7.71. The molecule has 1 saturated heterocycles. The van der Waals surface area contributed by atoms with Gasteiger partial charge in [-0.15, -0.1) is 0 Å². The standard InChI is InChI=1S/C21H27N3O2/c1-16(2)21(25)22-17-4-6-18(7-5-17)23-12-14-24(15-13-23)19-8-10-20(26-3)11-9-19/h4-11,16H,12-15H2,1-3H3,(H,22,25). The number of piperazine rings is 1. The highest BCUT2D eigenvalue weighted by molar-refractivity contribution is 5.92. The second-order valence-corrected chi connectivity index (χ2v) is 6.86. The van der Waals surface area contributed by atoms with Gasteiger partial charge in [-0.05, 0) is 48.5 Å². The van der Waals surface area contributed by atoms with Gasteiger partial charge in [-0.2, -0.15) is 0 Å². The van der Waals surface area contributed by atoms with Crippen LogP contribution in [0.5, 0.6) is 5.75 Å². The molecule has 1 heterocycles. The van der Waals surface area contributed by atoms with Crippen LogP contribution >= 0.6 is 0 Å². The topological polar surface area (TPSA) is 44.8 Å². The monoisotopic (exact) mass is 353 g/mol. The van der Waals surface area contributed by atoms with Gasteiger partial charge in [0.15, 0.2) is 0 Å². The Labute approximate surface area is 155 Å². The molecular formula is C21H27N3O2. The van der Waals surface area contributed by atoms with E-state index in [9.17, 15) is 4.79 Å². The summed E-state index contributed by atoms with van der Waals surface area (Å²) in [5.41, 5.74) is 3.28. The molecule has 1 amide bonds. The zero-order valence-electron chi connectivity index (χ0n) is 15.7. The van der Waals surface area contributed by atoms with E-state index < -0.39 is 0 Å². The van der Waals surface area contributed by atoms with E-state index in [2.05, 4.69) is 39.4 Å². The molecule has 0 aromatic heterocycles. The molecule has 2 aromatic carbocycles. The highest BCUT2D eigenvalue weighted by Gasteiger charge is 2.17. The maximum absolute atomic E-state index is 11.8. The maximum Gasteiger partial charge on any atom is 0.226 e. The van der Waals surface area contributed by atoms with Crippen LogP contribution < -0.4 is 19.9 Å². The van der Waals surface area contributed by atoms with Gasteiger partial charge in [0.1, 0.15) is 5.75 Å². The summed E-state index contributed by atoms with van der Waals surface area (Å²) in [4.78, 5) is 16.6. The van der Waals surface area contributed by atoms with Gasteiger partial charge in [-0.25, -0.2) is 0 Å². The highest BCUT2D eigenvalue weighted by atomic mass is 16.5. The number of hydrogen-bond acceptors (Lipinski definition) is 4. The van der Waals surface area contributed by atoms with Crippen molar-refractivity contribution in [3.63, 3.8) is 0 Å². The van der Waals surface area contributed by atoms with Crippen molar-refractivity contribution >= 4 is 23.0 Å². The first-order chi connectivity index (χ1) is 12.6. The molecule has 1 aliphatic heterocycles. The molecule has 5 nitrogen and oxygen atoms in total. The van der Waals surface area contributed by atoms with E-state index in [1.807, 2.05) is 38.1 Å². The van der Waals surface area contributed by atoms with Crippen molar-refractivity contribution in [2.75, 3.05) is 48.4 Å². The minimum atomic E-state index is -0.0132. The number of ether oxygens (including phenoxy) is 1. The summed E-state index contributed by atoms with van der Waals surface area (Å²) < 4.78 is 5.23. The van der Waals surface area contributed by atoms with E-state index in [1.54, 1.807) is 7.11 Å². The summed E-state index contributed by atoms with van der Waals surface area (Å²) in [7, 11) is 1.69. The van der Waals surface area contributed by atoms with Crippen LogP contribution in [0.4, 0.5) is 17.1 Å². The maximum atomic E-state index is 11.8. The Morgan fingerprint density at radius 2 is 1.35 bits per heavy atom. The zero-order chi connectivity index (χ0) is 18.5. The molecule has 138 valence electrons. The Balaban J connectivity index is 1.56. The van der Waals surface area contributed by atoms with Gasteiger partial charge < -0.3 is 19.9 Å². The van der Waals surface area contributed by atoms with Crippen LogP contribution in [0.2, 0.25) is 0 Å². The van der Waals surface area contributed by atoms with Crippen LogP contribution in [0.3, 0.4) is 0 Å². The third-order valence-corrected chi connectivity index (χ3v) is 4.74. The molecule has 0 spiro atoms. The first-order valence-corrected chi connectivity index (χ1v) is 9.11. The summed E-state index contributed by atoms with van der Waals surface area (Å²) in [6.07, 6.45) is 0. The molecule has 0 aliphatic carbocycles. The van der Waals surface area contributed by atoms with Gasteiger partial charge in [0.05, 0.1) is 7.11 Å². The van der Waals surface area contributed by atoms with Crippen LogP contribution in [0, 0.1) is 5.92 Å². The Kier molecular flexibility index (Phi) is 5.66. The smallest absolute Gasteiger partial charge is 0.226 e. The largest absolute Gasteiger partial charge is 0.497 e. The molecule has 26 heavy (non-hydrogen) atoms. The van der Waals surface area contributed by atoms with Gasteiger partial charge in [0.2, 0.25) is 5.91 Å². The minimum absolute atomic E-state index is 0.0132. The zero-order valence-corrected chi connectivity index (χ0v) is 15.7. The number of hydrogen-bond donors (Lipinski definition) is 1. The lowest BCUT2D eigenvalue weighted by Crippen LogP contribution is -2.46. The molecule has 0 radical (unpaired) electrons. The lowest BCUT2D eigenvalue weighted by molar-refractivity contribution is -0.118. The predicted octanol–water partition coefficient (Wildman–Crippen LogP) is 3.62. The molecule has 0 unspecified atom stereocenters. The molecule has 0 atom stereocenters. The molecule has 3 rings (SSSR count). The second kappa shape index (κ2) is 8.13. The normalized spacial score (nSPS) is 14.5. The number of benzene rings is 2. The van der Waals surface area contributed by atoms with E-state index in [0.29, 0.717) is 0 Å². The number of rotatable bonds is 5. The molecule has 0 bridgehead atoms. The minimum Gasteiger partial charge on any atom is -0.497 e. The molecular weight excluding hydrogens is 326 g/mol. The van der Waals surface area contributed by atoms with Gasteiger partial charge in [-0.3, -0.25) is 4.79 Å². The fourth-order valence-corrected chi connectivity index (χ4v) is 3.06. The Morgan fingerprint density at radius 3 is 1.77 bits per heavy atom. The number of nitrogens with one attached hydrogen (secondary N) is 1. The Hall–Kier alpha value is -2.69. The van der Waals surface area contributed by atoms with Crippen molar-refractivity contribution in [1.82, 2.24) is 0 Å². The summed E-state index contributed by atoms with van der Waals surface area (Å²) in [5.74, 6) is 0.920. The molecule has 0 saturated carbocycles. The van der Waals surface area contributed by atoms with E-state index in [4.69, 9.17) is 4.74 Å². The molecule has 2 aromatic rings. The molecule has 1 aliphatic rings.